The summed E-state index contributed by atoms with van der Waals surface area (Å²) in [5.74, 6) is 0.236. The van der Waals surface area contributed by atoms with Crippen LogP contribution in [0.15, 0.2) is 48.8 Å². The maximum Gasteiger partial charge on any atom is 0.224 e. The normalized spacial score (nSPS) is 15.1. The second kappa shape index (κ2) is 6.88. The van der Waals surface area contributed by atoms with Gasteiger partial charge in [-0.15, -0.1) is 0 Å². The molecule has 1 fully saturated rings. The number of carbonyl (C=O) groups is 1. The third-order valence-corrected chi connectivity index (χ3v) is 4.29. The maximum absolute atomic E-state index is 12.3. The van der Waals surface area contributed by atoms with E-state index in [4.69, 9.17) is 11.6 Å². The first-order chi connectivity index (χ1) is 10.7. The van der Waals surface area contributed by atoms with E-state index in [0.717, 1.165) is 43.4 Å². The minimum Gasteiger partial charge on any atom is -0.368 e. The van der Waals surface area contributed by atoms with Gasteiger partial charge in [-0.05, 0) is 30.3 Å². The molecule has 1 amide bonds. The van der Waals surface area contributed by atoms with E-state index < -0.39 is 0 Å². The van der Waals surface area contributed by atoms with Gasteiger partial charge in [0.1, 0.15) is 0 Å². The highest BCUT2D eigenvalue weighted by molar-refractivity contribution is 6.30. The Morgan fingerprint density at radius 3 is 2.45 bits per heavy atom. The number of hydrogen-bond donors (Lipinski definition) is 0. The quantitative estimate of drug-likeness (QED) is 0.867. The maximum atomic E-state index is 12.3. The van der Waals surface area contributed by atoms with Crippen LogP contribution in [0.3, 0.4) is 0 Å². The fourth-order valence-electron chi connectivity index (χ4n) is 2.79. The minimum atomic E-state index is 0.236. The Bertz CT molecular complexity index is 619. The number of aryl methyl sites for hydroxylation is 1. The molecule has 0 atom stereocenters. The molecule has 1 aliphatic heterocycles. The van der Waals surface area contributed by atoms with Crippen molar-refractivity contribution in [1.29, 1.82) is 0 Å². The van der Waals surface area contributed by atoms with E-state index >= 15 is 0 Å². The van der Waals surface area contributed by atoms with Gasteiger partial charge < -0.3 is 14.4 Å². The highest BCUT2D eigenvalue weighted by atomic mass is 35.5. The van der Waals surface area contributed by atoms with Gasteiger partial charge >= 0.3 is 0 Å². The van der Waals surface area contributed by atoms with Gasteiger partial charge in [-0.1, -0.05) is 17.7 Å². The highest BCUT2D eigenvalue weighted by Gasteiger charge is 2.21. The topological polar surface area (TPSA) is 28.5 Å². The molecule has 0 saturated carbocycles. The zero-order chi connectivity index (χ0) is 15.4. The molecule has 22 heavy (non-hydrogen) atoms. The number of rotatable bonds is 4. The van der Waals surface area contributed by atoms with Crippen molar-refractivity contribution in [3.63, 3.8) is 0 Å². The van der Waals surface area contributed by atoms with Crippen LogP contribution in [0.5, 0.6) is 0 Å². The summed E-state index contributed by atoms with van der Waals surface area (Å²) in [4.78, 5) is 16.5. The Morgan fingerprint density at radius 1 is 1.05 bits per heavy atom. The lowest BCUT2D eigenvalue weighted by atomic mass is 10.2. The van der Waals surface area contributed by atoms with Crippen molar-refractivity contribution in [1.82, 2.24) is 9.47 Å². The van der Waals surface area contributed by atoms with Crippen LogP contribution in [0, 0.1) is 0 Å². The summed E-state index contributed by atoms with van der Waals surface area (Å²) in [6, 6.07) is 11.8. The first kappa shape index (κ1) is 15.0. The highest BCUT2D eigenvalue weighted by Crippen LogP contribution is 2.20. The summed E-state index contributed by atoms with van der Waals surface area (Å²) in [5.41, 5.74) is 1.13. The molecule has 5 heteroatoms. The van der Waals surface area contributed by atoms with E-state index in [1.54, 1.807) is 0 Å². The second-order valence-electron chi connectivity index (χ2n) is 5.52. The minimum absolute atomic E-state index is 0.236. The summed E-state index contributed by atoms with van der Waals surface area (Å²) in [7, 11) is 0. The number of halogens is 1. The van der Waals surface area contributed by atoms with Gasteiger partial charge in [0.25, 0.3) is 0 Å². The number of piperazine rings is 1. The monoisotopic (exact) mass is 317 g/mol. The number of amides is 1. The molecular weight excluding hydrogens is 298 g/mol. The lowest BCUT2D eigenvalue weighted by Gasteiger charge is -2.36. The van der Waals surface area contributed by atoms with E-state index in [0.29, 0.717) is 6.42 Å². The Kier molecular flexibility index (Phi) is 4.68. The molecule has 0 aliphatic carbocycles. The van der Waals surface area contributed by atoms with Crippen LogP contribution in [0.1, 0.15) is 6.42 Å². The van der Waals surface area contributed by atoms with Crippen molar-refractivity contribution < 1.29 is 4.79 Å². The fourth-order valence-corrected chi connectivity index (χ4v) is 2.97. The first-order valence-electron chi connectivity index (χ1n) is 7.61. The lowest BCUT2D eigenvalue weighted by Crippen LogP contribution is -2.48. The zero-order valence-electron chi connectivity index (χ0n) is 12.5. The first-order valence-corrected chi connectivity index (χ1v) is 7.99. The van der Waals surface area contributed by atoms with Crippen molar-refractivity contribution in [2.24, 2.45) is 0 Å². The summed E-state index contributed by atoms with van der Waals surface area (Å²) < 4.78 is 2.04. The van der Waals surface area contributed by atoms with Crippen molar-refractivity contribution in [2.45, 2.75) is 13.0 Å². The number of nitrogens with zero attached hydrogens (tertiary/aromatic N) is 3. The summed E-state index contributed by atoms with van der Waals surface area (Å²) >= 11 is 6.04. The molecule has 3 rings (SSSR count). The van der Waals surface area contributed by atoms with Crippen LogP contribution in [-0.4, -0.2) is 41.6 Å². The number of aromatic nitrogens is 1. The molecule has 1 saturated heterocycles. The van der Waals surface area contributed by atoms with Crippen molar-refractivity contribution >= 4 is 23.2 Å². The predicted octanol–water partition coefficient (Wildman–Crippen LogP) is 2.88. The van der Waals surface area contributed by atoms with E-state index in [-0.39, 0.29) is 5.91 Å². The molecule has 1 aromatic carbocycles. The summed E-state index contributed by atoms with van der Waals surface area (Å²) in [6.45, 7) is 4.01. The Labute approximate surface area is 135 Å². The molecule has 2 aromatic rings. The lowest BCUT2D eigenvalue weighted by molar-refractivity contribution is -0.131. The average Bonchev–Trinajstić information content (AvgIpc) is 3.06. The van der Waals surface area contributed by atoms with Gasteiger partial charge in [0.15, 0.2) is 0 Å². The smallest absolute Gasteiger partial charge is 0.224 e. The molecule has 2 heterocycles. The van der Waals surface area contributed by atoms with Crippen molar-refractivity contribution in [3.8, 4) is 0 Å². The Hall–Kier alpha value is -1.94. The van der Waals surface area contributed by atoms with Gasteiger partial charge in [0, 0.05) is 62.2 Å². The van der Waals surface area contributed by atoms with Crippen LogP contribution in [0.25, 0.3) is 0 Å². The molecule has 0 unspecified atom stereocenters. The van der Waals surface area contributed by atoms with Crippen molar-refractivity contribution in [3.05, 3.63) is 53.8 Å². The SMILES string of the molecule is O=C(CCn1cccc1)N1CCN(c2cccc(Cl)c2)CC1. The number of carbonyl (C=O) groups excluding carboxylic acids is 1. The number of benzene rings is 1. The molecule has 0 N–H and O–H groups in total. The number of anilines is 1. The molecule has 116 valence electrons. The van der Waals surface area contributed by atoms with Gasteiger partial charge in [-0.25, -0.2) is 0 Å². The molecule has 1 aliphatic rings. The molecule has 0 bridgehead atoms. The van der Waals surface area contributed by atoms with Crippen LogP contribution < -0.4 is 4.90 Å². The predicted molar refractivity (Wildman–Crippen MR) is 89.3 cm³/mol. The third kappa shape index (κ3) is 3.63. The molecule has 4 nitrogen and oxygen atoms in total. The standard InChI is InChI=1S/C17H20ClN3O/c18-15-4-3-5-16(14-15)20-10-12-21(13-11-20)17(22)6-9-19-7-1-2-8-19/h1-5,7-8,14H,6,9-13H2. The summed E-state index contributed by atoms with van der Waals surface area (Å²) in [6.07, 6.45) is 4.54. The van der Waals surface area contributed by atoms with Gasteiger partial charge in [-0.3, -0.25) is 4.79 Å². The Morgan fingerprint density at radius 2 is 1.77 bits per heavy atom. The summed E-state index contributed by atoms with van der Waals surface area (Å²) in [5, 5.41) is 0.753. The van der Waals surface area contributed by atoms with Crippen LogP contribution in [-0.2, 0) is 11.3 Å². The Balaban J connectivity index is 1.49. The van der Waals surface area contributed by atoms with Crippen molar-refractivity contribution in [2.75, 3.05) is 31.1 Å². The van der Waals surface area contributed by atoms with Crippen LogP contribution in [0.2, 0.25) is 5.02 Å². The van der Waals surface area contributed by atoms with Gasteiger partial charge in [-0.2, -0.15) is 0 Å². The number of hydrogen-bond acceptors (Lipinski definition) is 2. The van der Waals surface area contributed by atoms with E-state index in [2.05, 4.69) is 11.0 Å². The average molecular weight is 318 g/mol. The van der Waals surface area contributed by atoms with Gasteiger partial charge in [0.2, 0.25) is 5.91 Å². The molecule has 1 aromatic heterocycles. The van der Waals surface area contributed by atoms with E-state index in [9.17, 15) is 4.79 Å². The molecular formula is C17H20ClN3O. The third-order valence-electron chi connectivity index (χ3n) is 4.06. The molecule has 0 radical (unpaired) electrons. The zero-order valence-corrected chi connectivity index (χ0v) is 13.2. The fraction of sp³-hybridized carbons (Fsp3) is 0.353. The second-order valence-corrected chi connectivity index (χ2v) is 5.96. The van der Waals surface area contributed by atoms with E-state index in [1.807, 2.05) is 52.2 Å². The van der Waals surface area contributed by atoms with Gasteiger partial charge in [0.05, 0.1) is 0 Å². The van der Waals surface area contributed by atoms with Crippen LogP contribution >= 0.6 is 11.6 Å². The van der Waals surface area contributed by atoms with E-state index in [1.165, 1.54) is 0 Å². The molecule has 0 spiro atoms. The largest absolute Gasteiger partial charge is 0.368 e. The van der Waals surface area contributed by atoms with Crippen LogP contribution in [0.4, 0.5) is 5.69 Å².